The van der Waals surface area contributed by atoms with Gasteiger partial charge in [-0.2, -0.15) is 31.3 Å². The number of aryl methyl sites for hydroxylation is 1. The van der Waals surface area contributed by atoms with E-state index in [0.29, 0.717) is 34.9 Å². The van der Waals surface area contributed by atoms with Crippen LogP contribution in [0.15, 0.2) is 72.9 Å². The van der Waals surface area contributed by atoms with E-state index in [4.69, 9.17) is 0 Å². The Morgan fingerprint density at radius 1 is 0.773 bits per heavy atom. The normalized spacial score (nSPS) is 11.5. The molecule has 3 aromatic carbocycles. The second-order valence-corrected chi connectivity index (χ2v) is 9.45. The van der Waals surface area contributed by atoms with E-state index in [2.05, 4.69) is 25.9 Å². The molecule has 230 valence electrons. The summed E-state index contributed by atoms with van der Waals surface area (Å²) in [6.45, 7) is 1.82. The molecule has 0 aliphatic rings. The van der Waals surface area contributed by atoms with Gasteiger partial charge in [-0.25, -0.2) is 9.78 Å². The summed E-state index contributed by atoms with van der Waals surface area (Å²) in [6.07, 6.45) is -8.56. The van der Waals surface area contributed by atoms with E-state index in [1.54, 1.807) is 55.4 Å². The van der Waals surface area contributed by atoms with E-state index in [0.717, 1.165) is 5.56 Å². The van der Waals surface area contributed by atoms with Crippen LogP contribution in [0.25, 0.3) is 0 Å². The Bertz CT molecular complexity index is 1640. The maximum Gasteiger partial charge on any atom is 0.416 e. The Kier molecular flexibility index (Phi) is 8.97. The number of halogens is 6. The molecule has 0 atom stereocenters. The highest BCUT2D eigenvalue weighted by atomic mass is 19.4. The molecule has 0 spiro atoms. The van der Waals surface area contributed by atoms with Crippen molar-refractivity contribution in [1.29, 1.82) is 0 Å². The highest BCUT2D eigenvalue weighted by Crippen LogP contribution is 2.37. The van der Waals surface area contributed by atoms with Crippen LogP contribution in [0.3, 0.4) is 0 Å². The van der Waals surface area contributed by atoms with E-state index in [1.165, 1.54) is 18.3 Å². The zero-order valence-electron chi connectivity index (χ0n) is 23.4. The summed E-state index contributed by atoms with van der Waals surface area (Å²) >= 11 is 0. The number of hydrogen-bond donors (Lipinski definition) is 4. The third-order valence-electron chi connectivity index (χ3n) is 6.31. The van der Waals surface area contributed by atoms with E-state index in [-0.39, 0.29) is 23.6 Å². The molecule has 9 nitrogen and oxygen atoms in total. The third-order valence-corrected chi connectivity index (χ3v) is 6.31. The fraction of sp³-hybridized carbons (Fsp3) is 0.172. The number of alkyl halides is 6. The van der Waals surface area contributed by atoms with Gasteiger partial charge in [0, 0.05) is 48.6 Å². The van der Waals surface area contributed by atoms with Crippen LogP contribution >= 0.6 is 0 Å². The Hall–Kier alpha value is -5.34. The molecule has 0 fully saturated rings. The number of benzene rings is 3. The number of nitrogens with one attached hydrogen (secondary N) is 4. The molecule has 4 N–H and O–H groups in total. The minimum atomic E-state index is -5.05. The van der Waals surface area contributed by atoms with Crippen LogP contribution in [-0.4, -0.2) is 36.0 Å². The second kappa shape index (κ2) is 12.5. The Morgan fingerprint density at radius 3 is 1.95 bits per heavy atom. The number of carbonyl (C=O) groups excluding carboxylic acids is 2. The van der Waals surface area contributed by atoms with Crippen molar-refractivity contribution in [3.05, 3.63) is 95.2 Å². The summed E-state index contributed by atoms with van der Waals surface area (Å²) in [4.78, 5) is 34.9. The van der Waals surface area contributed by atoms with Gasteiger partial charge in [-0.05, 0) is 73.2 Å². The van der Waals surface area contributed by atoms with Crippen molar-refractivity contribution in [2.24, 2.45) is 0 Å². The highest BCUT2D eigenvalue weighted by molar-refractivity contribution is 6.00. The number of rotatable bonds is 7. The largest absolute Gasteiger partial charge is 0.416 e. The van der Waals surface area contributed by atoms with Crippen molar-refractivity contribution >= 4 is 46.5 Å². The van der Waals surface area contributed by atoms with Crippen LogP contribution in [0.5, 0.6) is 0 Å². The summed E-state index contributed by atoms with van der Waals surface area (Å²) in [5.41, 5.74) is -1.03. The average Bonchev–Trinajstić information content (AvgIpc) is 2.97. The fourth-order valence-corrected chi connectivity index (χ4v) is 4.03. The predicted octanol–water partition coefficient (Wildman–Crippen LogP) is 7.34. The van der Waals surface area contributed by atoms with Crippen LogP contribution in [0.1, 0.15) is 27.0 Å². The summed E-state index contributed by atoms with van der Waals surface area (Å²) in [7, 11) is 3.27. The molecule has 4 aromatic rings. The molecule has 0 saturated heterocycles. The Morgan fingerprint density at radius 2 is 1.36 bits per heavy atom. The molecule has 0 aliphatic heterocycles. The fourth-order valence-electron chi connectivity index (χ4n) is 4.03. The van der Waals surface area contributed by atoms with Crippen molar-refractivity contribution in [3.8, 4) is 0 Å². The van der Waals surface area contributed by atoms with Gasteiger partial charge >= 0.3 is 18.4 Å². The molecule has 1 aromatic heterocycles. The van der Waals surface area contributed by atoms with Gasteiger partial charge < -0.3 is 26.2 Å². The van der Waals surface area contributed by atoms with E-state index in [9.17, 15) is 35.9 Å². The molecular weight excluding hydrogens is 592 g/mol. The van der Waals surface area contributed by atoms with Gasteiger partial charge in [-0.1, -0.05) is 6.07 Å². The zero-order valence-corrected chi connectivity index (χ0v) is 23.4. The lowest BCUT2D eigenvalue weighted by Crippen LogP contribution is -2.21. The molecule has 15 heteroatoms. The molecule has 4 rings (SSSR count). The quantitative estimate of drug-likeness (QED) is 0.162. The molecule has 44 heavy (non-hydrogen) atoms. The minimum absolute atomic E-state index is 0.0271. The van der Waals surface area contributed by atoms with E-state index in [1.807, 2.05) is 12.2 Å². The smallest absolute Gasteiger partial charge is 0.355 e. The van der Waals surface area contributed by atoms with Gasteiger partial charge in [0.2, 0.25) is 5.95 Å². The standard InChI is InChI=1S/C29H25F6N7O2/c1-16-4-5-20(15-23(16)25(43)36-2)38-26-37-11-10-24(41-26)42(3)22-8-6-19(7-9-22)39-27(44)40-21-13-17(28(30,31)32)12-18(14-21)29(33,34)35/h4-15H,1-3H3,(H,36,43)(H,37,38,41)(H2,39,40,44). The molecule has 0 bridgehead atoms. The molecule has 0 radical (unpaired) electrons. The second-order valence-electron chi connectivity index (χ2n) is 9.45. The number of aromatic nitrogens is 2. The zero-order chi connectivity index (χ0) is 32.2. The van der Waals surface area contributed by atoms with Gasteiger partial charge in [-0.3, -0.25) is 4.79 Å². The van der Waals surface area contributed by atoms with Gasteiger partial charge in [0.1, 0.15) is 5.82 Å². The summed E-state index contributed by atoms with van der Waals surface area (Å²) in [5, 5.41) is 10.0. The average molecular weight is 618 g/mol. The van der Waals surface area contributed by atoms with Gasteiger partial charge in [0.15, 0.2) is 0 Å². The summed E-state index contributed by atoms with van der Waals surface area (Å²) in [5.74, 6) is 0.520. The molecule has 0 aliphatic carbocycles. The Labute approximate surface area is 247 Å². The lowest BCUT2D eigenvalue weighted by atomic mass is 10.1. The van der Waals surface area contributed by atoms with Crippen molar-refractivity contribution in [2.45, 2.75) is 19.3 Å². The van der Waals surface area contributed by atoms with Crippen LogP contribution in [-0.2, 0) is 12.4 Å². The van der Waals surface area contributed by atoms with Gasteiger partial charge in [-0.15, -0.1) is 0 Å². The third kappa shape index (κ3) is 7.73. The van der Waals surface area contributed by atoms with Gasteiger partial charge in [0.25, 0.3) is 5.91 Å². The first-order valence-corrected chi connectivity index (χ1v) is 12.8. The SMILES string of the molecule is CNC(=O)c1cc(Nc2nccc(N(C)c3ccc(NC(=O)Nc4cc(C(F)(F)F)cc(C(F)(F)F)c4)cc3)n2)ccc1C. The topological polar surface area (TPSA) is 111 Å². The van der Waals surface area contributed by atoms with Crippen LogP contribution in [0.2, 0.25) is 0 Å². The monoisotopic (exact) mass is 617 g/mol. The molecule has 3 amide bonds. The van der Waals surface area contributed by atoms with Crippen molar-refractivity contribution in [3.63, 3.8) is 0 Å². The van der Waals surface area contributed by atoms with Crippen molar-refractivity contribution < 1.29 is 35.9 Å². The molecule has 0 saturated carbocycles. The van der Waals surface area contributed by atoms with Crippen LogP contribution < -0.4 is 26.2 Å². The van der Waals surface area contributed by atoms with E-state index < -0.39 is 35.2 Å². The number of anilines is 6. The first-order chi connectivity index (χ1) is 20.6. The number of nitrogens with zero attached hydrogens (tertiary/aromatic N) is 3. The maximum absolute atomic E-state index is 13.1. The molecular formula is C29H25F6N7O2. The van der Waals surface area contributed by atoms with Gasteiger partial charge in [0.05, 0.1) is 11.1 Å². The van der Waals surface area contributed by atoms with Crippen LogP contribution in [0, 0.1) is 6.92 Å². The van der Waals surface area contributed by atoms with E-state index >= 15 is 0 Å². The van der Waals surface area contributed by atoms with Crippen molar-refractivity contribution in [1.82, 2.24) is 15.3 Å². The first-order valence-electron chi connectivity index (χ1n) is 12.8. The Balaban J connectivity index is 1.44. The number of amides is 3. The number of carbonyl (C=O) groups is 2. The maximum atomic E-state index is 13.1. The number of urea groups is 1. The highest BCUT2D eigenvalue weighted by Gasteiger charge is 2.37. The lowest BCUT2D eigenvalue weighted by Gasteiger charge is -2.19. The summed E-state index contributed by atoms with van der Waals surface area (Å²) < 4.78 is 78.6. The molecule has 0 unspecified atom stereocenters. The molecule has 1 heterocycles. The summed E-state index contributed by atoms with van der Waals surface area (Å²) in [6, 6.07) is 12.9. The van der Waals surface area contributed by atoms with Crippen molar-refractivity contribution in [2.75, 3.05) is 34.9 Å². The lowest BCUT2D eigenvalue weighted by molar-refractivity contribution is -0.143. The number of hydrogen-bond acceptors (Lipinski definition) is 6. The minimum Gasteiger partial charge on any atom is -0.355 e. The van der Waals surface area contributed by atoms with Crippen LogP contribution in [0.4, 0.5) is 65.7 Å². The predicted molar refractivity (Wildman–Crippen MR) is 153 cm³/mol. The first kappa shape index (κ1) is 31.6.